The van der Waals surface area contributed by atoms with E-state index in [4.69, 9.17) is 0 Å². The van der Waals surface area contributed by atoms with E-state index in [9.17, 15) is 0 Å². The van der Waals surface area contributed by atoms with Crippen molar-refractivity contribution in [3.63, 3.8) is 0 Å². The molecule has 1 unspecified atom stereocenters. The van der Waals surface area contributed by atoms with Crippen LogP contribution in [0.25, 0.3) is 0 Å². The molecule has 12 heavy (non-hydrogen) atoms. The van der Waals surface area contributed by atoms with Gasteiger partial charge >= 0.3 is 0 Å². The van der Waals surface area contributed by atoms with Crippen LogP contribution in [0.15, 0.2) is 24.8 Å². The van der Waals surface area contributed by atoms with Crippen LogP contribution in [-0.2, 0) is 6.54 Å². The fraction of sp³-hybridized carbons (Fsp3) is 0.286. The summed E-state index contributed by atoms with van der Waals surface area (Å²) >= 11 is 4.31. The van der Waals surface area contributed by atoms with Crippen LogP contribution in [0, 0.1) is 0 Å². The molecule has 0 spiro atoms. The molecule has 0 radical (unpaired) electrons. The second-order valence-electron chi connectivity index (χ2n) is 2.56. The van der Waals surface area contributed by atoms with Gasteiger partial charge in [-0.15, -0.1) is 12.6 Å². The minimum Gasteiger partial charge on any atom is -0.362 e. The van der Waals surface area contributed by atoms with E-state index in [2.05, 4.69) is 27.9 Å². The van der Waals surface area contributed by atoms with Crippen LogP contribution in [-0.4, -0.2) is 20.4 Å². The molecule has 4 nitrogen and oxygen atoms in total. The van der Waals surface area contributed by atoms with E-state index in [0.29, 0.717) is 0 Å². The van der Waals surface area contributed by atoms with Crippen LogP contribution in [0.2, 0.25) is 0 Å². The van der Waals surface area contributed by atoms with Gasteiger partial charge in [0.05, 0.1) is 6.54 Å². The third-order valence-electron chi connectivity index (χ3n) is 1.71. The van der Waals surface area contributed by atoms with Crippen molar-refractivity contribution in [1.82, 2.24) is 20.2 Å². The van der Waals surface area contributed by atoms with Crippen molar-refractivity contribution < 1.29 is 0 Å². The quantitative estimate of drug-likeness (QED) is 0.584. The summed E-state index contributed by atoms with van der Waals surface area (Å²) < 4.78 is 0. The molecule has 0 aromatic carbocycles. The van der Waals surface area contributed by atoms with Crippen molar-refractivity contribution in [1.29, 1.82) is 0 Å². The van der Waals surface area contributed by atoms with Crippen molar-refractivity contribution in [2.45, 2.75) is 12.0 Å². The highest BCUT2D eigenvalue weighted by Crippen LogP contribution is 2.10. The summed E-state index contributed by atoms with van der Waals surface area (Å²) in [5.41, 5.74) is 0.0649. The highest BCUT2D eigenvalue weighted by molar-refractivity contribution is 7.80. The molecule has 0 aliphatic carbocycles. The molecule has 2 N–H and O–H groups in total. The zero-order chi connectivity index (χ0) is 8.39. The first-order valence-electron chi connectivity index (χ1n) is 3.71. The minimum atomic E-state index is 0.0649. The number of aromatic nitrogens is 2. The predicted molar refractivity (Wildman–Crippen MR) is 49.2 cm³/mol. The molecule has 0 bridgehead atoms. The molecule has 2 heterocycles. The Morgan fingerprint density at radius 2 is 2.58 bits per heavy atom. The Balaban J connectivity index is 1.99. The van der Waals surface area contributed by atoms with Gasteiger partial charge in [-0.3, -0.25) is 0 Å². The lowest BCUT2D eigenvalue weighted by atomic mass is 10.5. The Morgan fingerprint density at radius 1 is 1.67 bits per heavy atom. The first-order valence-corrected chi connectivity index (χ1v) is 4.23. The van der Waals surface area contributed by atoms with Crippen molar-refractivity contribution in [2.75, 3.05) is 0 Å². The average Bonchev–Trinajstić information content (AvgIpc) is 2.65. The summed E-state index contributed by atoms with van der Waals surface area (Å²) in [6.07, 6.45) is 7.40. The fourth-order valence-electron chi connectivity index (χ4n) is 1.10. The maximum absolute atomic E-state index is 4.31. The molecular formula is C7H10N4S. The number of thiol groups is 1. The predicted octanol–water partition coefficient (Wildman–Crippen LogP) is 0.499. The number of hydrogen-bond acceptors (Lipinski definition) is 4. The van der Waals surface area contributed by atoms with E-state index in [0.717, 1.165) is 12.4 Å². The van der Waals surface area contributed by atoms with E-state index in [-0.39, 0.29) is 5.50 Å². The zero-order valence-electron chi connectivity index (χ0n) is 6.44. The standard InChI is InChI=1S/C7H10N4S/c12-7-10-3-4-11(7)5-6-8-1-2-9-6/h1-4,7,10,12H,5H2,(H,8,9). The molecule has 0 fully saturated rings. The van der Waals surface area contributed by atoms with Gasteiger partial charge in [0.15, 0.2) is 0 Å². The Hall–Kier alpha value is -1.10. The van der Waals surface area contributed by atoms with E-state index >= 15 is 0 Å². The second-order valence-corrected chi connectivity index (χ2v) is 3.05. The third-order valence-corrected chi connectivity index (χ3v) is 2.16. The summed E-state index contributed by atoms with van der Waals surface area (Å²) in [6, 6.07) is 0. The van der Waals surface area contributed by atoms with Crippen molar-refractivity contribution in [3.8, 4) is 0 Å². The van der Waals surface area contributed by atoms with Gasteiger partial charge < -0.3 is 15.2 Å². The van der Waals surface area contributed by atoms with Crippen LogP contribution >= 0.6 is 12.6 Å². The molecule has 0 saturated heterocycles. The molecule has 0 saturated carbocycles. The lowest BCUT2D eigenvalue weighted by molar-refractivity contribution is 0.349. The highest BCUT2D eigenvalue weighted by Gasteiger charge is 2.14. The number of rotatable bonds is 2. The van der Waals surface area contributed by atoms with Gasteiger partial charge in [0.25, 0.3) is 0 Å². The lowest BCUT2D eigenvalue weighted by Crippen LogP contribution is -2.29. The van der Waals surface area contributed by atoms with Crippen LogP contribution in [0.3, 0.4) is 0 Å². The number of nitrogens with zero attached hydrogens (tertiary/aromatic N) is 2. The van der Waals surface area contributed by atoms with Gasteiger partial charge in [-0.05, 0) is 0 Å². The van der Waals surface area contributed by atoms with Crippen LogP contribution in [0.4, 0.5) is 0 Å². The smallest absolute Gasteiger partial charge is 0.145 e. The first-order chi connectivity index (χ1) is 5.86. The van der Waals surface area contributed by atoms with Gasteiger partial charge in [-0.2, -0.15) is 0 Å². The molecule has 64 valence electrons. The third kappa shape index (κ3) is 1.40. The Labute approximate surface area is 76.1 Å². The number of imidazole rings is 1. The molecule has 5 heteroatoms. The molecule has 1 aromatic heterocycles. The summed E-state index contributed by atoms with van der Waals surface area (Å²) in [6.45, 7) is 0.755. The first kappa shape index (κ1) is 7.54. The van der Waals surface area contributed by atoms with Crippen LogP contribution in [0.1, 0.15) is 5.82 Å². The van der Waals surface area contributed by atoms with Gasteiger partial charge in [0, 0.05) is 24.8 Å². The summed E-state index contributed by atoms with van der Waals surface area (Å²) in [7, 11) is 0. The second kappa shape index (κ2) is 3.10. The number of aromatic amines is 1. The SMILES string of the molecule is SC1NC=CN1Cc1ncc[nH]1. The summed E-state index contributed by atoms with van der Waals surface area (Å²) in [5, 5.41) is 3.05. The van der Waals surface area contributed by atoms with Gasteiger partial charge in [-0.25, -0.2) is 4.98 Å². The zero-order valence-corrected chi connectivity index (χ0v) is 7.33. The maximum Gasteiger partial charge on any atom is 0.145 e. The Bertz CT molecular complexity index is 269. The van der Waals surface area contributed by atoms with Crippen molar-refractivity contribution in [3.05, 3.63) is 30.6 Å². The van der Waals surface area contributed by atoms with E-state index in [1.54, 1.807) is 6.20 Å². The van der Waals surface area contributed by atoms with Crippen molar-refractivity contribution >= 4 is 12.6 Å². The number of H-pyrrole nitrogens is 1. The van der Waals surface area contributed by atoms with E-state index < -0.39 is 0 Å². The van der Waals surface area contributed by atoms with Gasteiger partial charge in [0.1, 0.15) is 11.3 Å². The Kier molecular flexibility index (Phi) is 1.95. The lowest BCUT2D eigenvalue weighted by Gasteiger charge is -2.19. The highest BCUT2D eigenvalue weighted by atomic mass is 32.1. The topological polar surface area (TPSA) is 44.0 Å². The van der Waals surface area contributed by atoms with Crippen LogP contribution < -0.4 is 5.32 Å². The largest absolute Gasteiger partial charge is 0.362 e. The molecule has 1 aliphatic heterocycles. The summed E-state index contributed by atoms with van der Waals surface area (Å²) in [5.74, 6) is 0.947. The van der Waals surface area contributed by atoms with E-state index in [1.807, 2.05) is 23.5 Å². The average molecular weight is 182 g/mol. The molecule has 1 aliphatic rings. The molecule has 1 aromatic rings. The van der Waals surface area contributed by atoms with Crippen LogP contribution in [0.5, 0.6) is 0 Å². The molecule has 1 atom stereocenters. The number of hydrogen-bond donors (Lipinski definition) is 3. The maximum atomic E-state index is 4.31. The molecule has 0 amide bonds. The fourth-order valence-corrected chi connectivity index (χ4v) is 1.34. The molecule has 2 rings (SSSR count). The van der Waals surface area contributed by atoms with Crippen molar-refractivity contribution in [2.24, 2.45) is 0 Å². The molecular weight excluding hydrogens is 172 g/mol. The minimum absolute atomic E-state index is 0.0649. The van der Waals surface area contributed by atoms with Gasteiger partial charge in [-0.1, -0.05) is 0 Å². The summed E-state index contributed by atoms with van der Waals surface area (Å²) in [4.78, 5) is 9.20. The number of nitrogens with one attached hydrogen (secondary N) is 2. The van der Waals surface area contributed by atoms with E-state index in [1.165, 1.54) is 0 Å². The monoisotopic (exact) mass is 182 g/mol. The normalized spacial score (nSPS) is 21.4. The Morgan fingerprint density at radius 3 is 3.17 bits per heavy atom. The van der Waals surface area contributed by atoms with Gasteiger partial charge in [0.2, 0.25) is 0 Å².